The lowest BCUT2D eigenvalue weighted by atomic mass is 10.2. The number of benzene rings is 1. The molecule has 0 aliphatic carbocycles. The second-order valence-corrected chi connectivity index (χ2v) is 8.04. The van der Waals surface area contributed by atoms with Crippen LogP contribution in [0.25, 0.3) is 22.3 Å². The molecule has 2 N–H and O–H groups in total. The number of imidazole rings is 1. The van der Waals surface area contributed by atoms with E-state index >= 15 is 0 Å². The highest BCUT2D eigenvalue weighted by Gasteiger charge is 2.14. The van der Waals surface area contributed by atoms with Crippen molar-refractivity contribution >= 4 is 40.0 Å². The quantitative estimate of drug-likeness (QED) is 0.472. The Morgan fingerprint density at radius 1 is 1.29 bits per heavy atom. The maximum atomic E-state index is 12.2. The Balaban J connectivity index is 1.60. The maximum Gasteiger partial charge on any atom is 0.269 e. The minimum Gasteiger partial charge on any atom is -0.349 e. The van der Waals surface area contributed by atoms with Gasteiger partial charge in [-0.15, -0.1) is 0 Å². The molecule has 1 aromatic carbocycles. The first-order valence-electron chi connectivity index (χ1n) is 9.72. The molecule has 31 heavy (non-hydrogen) atoms. The summed E-state index contributed by atoms with van der Waals surface area (Å²) in [6, 6.07) is 7.22. The summed E-state index contributed by atoms with van der Waals surface area (Å²) < 4.78 is 1.93. The first kappa shape index (κ1) is 20.9. The highest BCUT2D eigenvalue weighted by Crippen LogP contribution is 2.30. The fraction of sp³-hybridized carbons (Fsp3) is 0.227. The van der Waals surface area contributed by atoms with E-state index in [0.29, 0.717) is 40.1 Å². The Morgan fingerprint density at radius 3 is 2.84 bits per heavy atom. The first-order chi connectivity index (χ1) is 14.8. The number of aromatic amines is 1. The van der Waals surface area contributed by atoms with E-state index in [0.717, 1.165) is 11.1 Å². The first-order valence-corrected chi connectivity index (χ1v) is 10.1. The SMILES string of the molecule is [CH]C(C)Cn1cnc(-c2ccnc(Nc3cc(Cl)c4[nH]c(C(=O)N(C)C)cc4c3)n2)c1. The number of nitrogens with one attached hydrogen (secondary N) is 2. The molecule has 1 unspecified atom stereocenters. The zero-order valence-corrected chi connectivity index (χ0v) is 18.2. The van der Waals surface area contributed by atoms with E-state index in [1.165, 1.54) is 4.90 Å². The van der Waals surface area contributed by atoms with Crippen LogP contribution in [0.5, 0.6) is 0 Å². The van der Waals surface area contributed by atoms with Crippen LogP contribution in [0.1, 0.15) is 17.4 Å². The third-order valence-corrected chi connectivity index (χ3v) is 4.92. The number of nitrogens with zero attached hydrogens (tertiary/aromatic N) is 5. The lowest BCUT2D eigenvalue weighted by Crippen LogP contribution is -2.21. The van der Waals surface area contributed by atoms with E-state index in [2.05, 4.69) is 25.3 Å². The Hall–Kier alpha value is -3.39. The molecule has 1 amide bonds. The van der Waals surface area contributed by atoms with Crippen molar-refractivity contribution in [2.75, 3.05) is 19.4 Å². The van der Waals surface area contributed by atoms with Crippen molar-refractivity contribution in [1.29, 1.82) is 0 Å². The van der Waals surface area contributed by atoms with Gasteiger partial charge in [0.2, 0.25) is 5.95 Å². The summed E-state index contributed by atoms with van der Waals surface area (Å²) in [7, 11) is 3.40. The average molecular weight is 436 g/mol. The van der Waals surface area contributed by atoms with Gasteiger partial charge >= 0.3 is 0 Å². The summed E-state index contributed by atoms with van der Waals surface area (Å²) >= 11 is 6.44. The molecule has 0 fully saturated rings. The summed E-state index contributed by atoms with van der Waals surface area (Å²) in [5, 5.41) is 4.48. The summed E-state index contributed by atoms with van der Waals surface area (Å²) in [6.45, 7) is 8.47. The molecule has 0 saturated heterocycles. The van der Waals surface area contributed by atoms with Crippen molar-refractivity contribution in [2.45, 2.75) is 13.5 Å². The molecule has 9 heteroatoms. The van der Waals surface area contributed by atoms with Crippen LogP contribution >= 0.6 is 11.6 Å². The molecule has 2 radical (unpaired) electrons. The van der Waals surface area contributed by atoms with Crippen LogP contribution in [0.2, 0.25) is 5.02 Å². The van der Waals surface area contributed by atoms with Gasteiger partial charge in [0.05, 0.1) is 22.6 Å². The predicted octanol–water partition coefficient (Wildman–Crippen LogP) is 4.27. The molecule has 0 aliphatic rings. The van der Waals surface area contributed by atoms with Gasteiger partial charge in [0.15, 0.2) is 0 Å². The number of amides is 1. The number of carbonyl (C=O) groups excluding carboxylic acids is 1. The van der Waals surface area contributed by atoms with E-state index in [-0.39, 0.29) is 11.8 Å². The smallest absolute Gasteiger partial charge is 0.269 e. The Kier molecular flexibility index (Phi) is 5.65. The van der Waals surface area contributed by atoms with Gasteiger partial charge in [0.1, 0.15) is 11.4 Å². The van der Waals surface area contributed by atoms with Gasteiger partial charge in [-0.25, -0.2) is 15.0 Å². The summed E-state index contributed by atoms with van der Waals surface area (Å²) in [4.78, 5) is 30.1. The Bertz CT molecular complexity index is 1240. The largest absolute Gasteiger partial charge is 0.349 e. The second-order valence-electron chi connectivity index (χ2n) is 7.63. The molecule has 1 atom stereocenters. The topological polar surface area (TPSA) is 91.7 Å². The van der Waals surface area contributed by atoms with Crippen molar-refractivity contribution in [2.24, 2.45) is 5.92 Å². The number of aromatic nitrogens is 5. The van der Waals surface area contributed by atoms with Crippen LogP contribution in [-0.4, -0.2) is 49.4 Å². The fourth-order valence-electron chi connectivity index (χ4n) is 3.24. The Labute approximate surface area is 185 Å². The standard InChI is InChI=1S/C22H22ClN7O/c1-13(2)10-30-11-19(25-12-30)17-5-6-24-22(28-17)26-15-7-14-8-18(21(31)29(3)4)27-20(14)16(23)9-15/h1,5-9,11-13,27H,10H2,2-4H3,(H,24,26,28). The lowest BCUT2D eigenvalue weighted by Gasteiger charge is -2.07. The van der Waals surface area contributed by atoms with E-state index in [9.17, 15) is 4.79 Å². The van der Waals surface area contributed by atoms with Crippen molar-refractivity contribution in [1.82, 2.24) is 29.4 Å². The molecular formula is C22H22ClN7O. The van der Waals surface area contributed by atoms with Crippen LogP contribution in [0, 0.1) is 12.8 Å². The van der Waals surface area contributed by atoms with Gasteiger partial charge in [-0.05, 0) is 37.1 Å². The number of hydrogen-bond donors (Lipinski definition) is 2. The number of halogens is 1. The van der Waals surface area contributed by atoms with Crippen LogP contribution in [-0.2, 0) is 6.54 Å². The lowest BCUT2D eigenvalue weighted by molar-refractivity contribution is 0.0823. The van der Waals surface area contributed by atoms with Gasteiger partial charge < -0.3 is 19.8 Å². The highest BCUT2D eigenvalue weighted by molar-refractivity contribution is 6.35. The third-order valence-electron chi connectivity index (χ3n) is 4.62. The van der Waals surface area contributed by atoms with Crippen LogP contribution in [0.4, 0.5) is 11.6 Å². The molecule has 3 heterocycles. The molecule has 0 aliphatic heterocycles. The van der Waals surface area contributed by atoms with Crippen molar-refractivity contribution in [3.05, 3.63) is 60.6 Å². The van der Waals surface area contributed by atoms with Crippen LogP contribution < -0.4 is 5.32 Å². The zero-order valence-electron chi connectivity index (χ0n) is 17.4. The summed E-state index contributed by atoms with van der Waals surface area (Å²) in [6.07, 6.45) is 5.31. The molecule has 158 valence electrons. The van der Waals surface area contributed by atoms with Crippen molar-refractivity contribution in [3.63, 3.8) is 0 Å². The molecule has 0 saturated carbocycles. The van der Waals surface area contributed by atoms with Gasteiger partial charge in [0.25, 0.3) is 5.91 Å². The zero-order chi connectivity index (χ0) is 22.1. The minimum absolute atomic E-state index is 0.0336. The normalized spacial score (nSPS) is 11.3. The molecule has 0 spiro atoms. The van der Waals surface area contributed by atoms with E-state index < -0.39 is 0 Å². The van der Waals surface area contributed by atoms with Crippen LogP contribution in [0.3, 0.4) is 0 Å². The highest BCUT2D eigenvalue weighted by atomic mass is 35.5. The van der Waals surface area contributed by atoms with E-state index in [4.69, 9.17) is 18.5 Å². The number of anilines is 2. The third kappa shape index (κ3) is 4.54. The van der Waals surface area contributed by atoms with Crippen molar-refractivity contribution < 1.29 is 4.79 Å². The van der Waals surface area contributed by atoms with Gasteiger partial charge in [-0.1, -0.05) is 18.5 Å². The molecule has 8 nitrogen and oxygen atoms in total. The summed E-state index contributed by atoms with van der Waals surface area (Å²) in [5.41, 5.74) is 3.30. The number of rotatable bonds is 6. The summed E-state index contributed by atoms with van der Waals surface area (Å²) in [5.74, 6) is 0.322. The molecular weight excluding hydrogens is 414 g/mol. The average Bonchev–Trinajstić information content (AvgIpc) is 3.34. The van der Waals surface area contributed by atoms with E-state index in [1.54, 1.807) is 44.8 Å². The molecule has 4 rings (SSSR count). The second kappa shape index (κ2) is 8.39. The van der Waals surface area contributed by atoms with Gasteiger partial charge in [-0.2, -0.15) is 0 Å². The molecule has 3 aromatic heterocycles. The Morgan fingerprint density at radius 2 is 2.10 bits per heavy atom. The number of carbonyl (C=O) groups is 1. The fourth-order valence-corrected chi connectivity index (χ4v) is 3.52. The number of H-pyrrole nitrogens is 1. The van der Waals surface area contributed by atoms with Crippen LogP contribution in [0.15, 0.2) is 43.0 Å². The van der Waals surface area contributed by atoms with Crippen molar-refractivity contribution in [3.8, 4) is 11.4 Å². The van der Waals surface area contributed by atoms with E-state index in [1.807, 2.05) is 23.8 Å². The van der Waals surface area contributed by atoms with Gasteiger partial charge in [-0.3, -0.25) is 4.79 Å². The molecule has 4 aromatic rings. The minimum atomic E-state index is -0.124. The number of fused-ring (bicyclic) bond motifs is 1. The number of hydrogen-bond acceptors (Lipinski definition) is 5. The van der Waals surface area contributed by atoms with Gasteiger partial charge in [0, 0.05) is 44.1 Å². The monoisotopic (exact) mass is 435 g/mol. The molecule has 0 bridgehead atoms. The maximum absolute atomic E-state index is 12.2. The predicted molar refractivity (Wildman–Crippen MR) is 121 cm³/mol.